The molecule has 2 rings (SSSR count). The first-order chi connectivity index (χ1) is 9.38. The molecule has 1 aromatic rings. The SMILES string of the molecule is Cc1cc(C(F)(F)F)ccc1C(=O)CC1=CCCCC1. The summed E-state index contributed by atoms with van der Waals surface area (Å²) in [5.41, 5.74) is 1.19. The lowest BCUT2D eigenvalue weighted by Gasteiger charge is -2.14. The van der Waals surface area contributed by atoms with E-state index in [9.17, 15) is 18.0 Å². The van der Waals surface area contributed by atoms with Gasteiger partial charge in [-0.3, -0.25) is 4.79 Å². The van der Waals surface area contributed by atoms with Crippen LogP contribution in [0.3, 0.4) is 0 Å². The Balaban J connectivity index is 2.16. The number of aryl methyl sites for hydroxylation is 1. The number of hydrogen-bond donors (Lipinski definition) is 0. The summed E-state index contributed by atoms with van der Waals surface area (Å²) in [7, 11) is 0. The van der Waals surface area contributed by atoms with Crippen molar-refractivity contribution in [2.45, 2.75) is 45.2 Å². The van der Waals surface area contributed by atoms with E-state index >= 15 is 0 Å². The van der Waals surface area contributed by atoms with Crippen LogP contribution in [0.1, 0.15) is 53.6 Å². The average molecular weight is 282 g/mol. The molecule has 20 heavy (non-hydrogen) atoms. The molecule has 1 aliphatic rings. The molecule has 1 nitrogen and oxygen atoms in total. The van der Waals surface area contributed by atoms with E-state index in [1.54, 1.807) is 6.92 Å². The quantitative estimate of drug-likeness (QED) is 0.557. The molecule has 4 heteroatoms. The van der Waals surface area contributed by atoms with Gasteiger partial charge in [0.15, 0.2) is 5.78 Å². The van der Waals surface area contributed by atoms with Crippen molar-refractivity contribution in [3.05, 3.63) is 46.5 Å². The Hall–Kier alpha value is -1.58. The van der Waals surface area contributed by atoms with Crippen molar-refractivity contribution in [3.8, 4) is 0 Å². The Morgan fingerprint density at radius 2 is 2.00 bits per heavy atom. The van der Waals surface area contributed by atoms with E-state index in [0.29, 0.717) is 17.5 Å². The normalized spacial score (nSPS) is 15.9. The monoisotopic (exact) mass is 282 g/mol. The molecule has 0 saturated carbocycles. The summed E-state index contributed by atoms with van der Waals surface area (Å²) >= 11 is 0. The van der Waals surface area contributed by atoms with E-state index in [1.165, 1.54) is 6.07 Å². The van der Waals surface area contributed by atoms with Crippen molar-refractivity contribution in [1.82, 2.24) is 0 Å². The van der Waals surface area contributed by atoms with Gasteiger partial charge in [0.25, 0.3) is 0 Å². The van der Waals surface area contributed by atoms with Crippen LogP contribution in [0.5, 0.6) is 0 Å². The highest BCUT2D eigenvalue weighted by Crippen LogP contribution is 2.31. The third-order valence-corrected chi connectivity index (χ3v) is 3.63. The zero-order chi connectivity index (χ0) is 14.8. The van der Waals surface area contributed by atoms with E-state index in [2.05, 4.69) is 6.08 Å². The van der Waals surface area contributed by atoms with Crippen molar-refractivity contribution in [2.75, 3.05) is 0 Å². The minimum Gasteiger partial charge on any atom is -0.294 e. The Morgan fingerprint density at radius 3 is 2.55 bits per heavy atom. The fourth-order valence-electron chi connectivity index (χ4n) is 2.52. The lowest BCUT2D eigenvalue weighted by Crippen LogP contribution is -2.09. The summed E-state index contributed by atoms with van der Waals surface area (Å²) in [6.07, 6.45) is 2.20. The molecule has 108 valence electrons. The highest BCUT2D eigenvalue weighted by Gasteiger charge is 2.31. The predicted molar refractivity (Wildman–Crippen MR) is 71.7 cm³/mol. The molecule has 0 heterocycles. The van der Waals surface area contributed by atoms with Gasteiger partial charge in [-0.05, 0) is 50.3 Å². The van der Waals surface area contributed by atoms with Crippen LogP contribution < -0.4 is 0 Å². The highest BCUT2D eigenvalue weighted by molar-refractivity contribution is 5.98. The number of ketones is 1. The van der Waals surface area contributed by atoms with Gasteiger partial charge in [0.05, 0.1) is 5.56 Å². The maximum absolute atomic E-state index is 12.6. The van der Waals surface area contributed by atoms with Crippen molar-refractivity contribution in [3.63, 3.8) is 0 Å². The number of alkyl halides is 3. The molecule has 0 N–H and O–H groups in total. The van der Waals surface area contributed by atoms with E-state index in [-0.39, 0.29) is 5.78 Å². The lowest BCUT2D eigenvalue weighted by molar-refractivity contribution is -0.137. The van der Waals surface area contributed by atoms with E-state index in [1.807, 2.05) is 0 Å². The van der Waals surface area contributed by atoms with Gasteiger partial charge in [-0.2, -0.15) is 13.2 Å². The van der Waals surface area contributed by atoms with Gasteiger partial charge in [-0.15, -0.1) is 0 Å². The zero-order valence-electron chi connectivity index (χ0n) is 11.4. The molecular formula is C16H17F3O. The first-order valence-electron chi connectivity index (χ1n) is 6.77. The van der Waals surface area contributed by atoms with Crippen LogP contribution in [0.4, 0.5) is 13.2 Å². The second-order valence-electron chi connectivity index (χ2n) is 5.24. The Bertz CT molecular complexity index is 541. The standard InChI is InChI=1S/C16H17F3O/c1-11-9-13(16(17,18)19)7-8-14(11)15(20)10-12-5-3-2-4-6-12/h5,7-9H,2-4,6,10H2,1H3. The predicted octanol–water partition coefficient (Wildman–Crippen LogP) is 5.09. The second kappa shape index (κ2) is 5.81. The van der Waals surface area contributed by atoms with Gasteiger partial charge in [-0.25, -0.2) is 0 Å². The largest absolute Gasteiger partial charge is 0.416 e. The van der Waals surface area contributed by atoms with Crippen LogP contribution in [-0.2, 0) is 6.18 Å². The molecule has 0 radical (unpaired) electrons. The molecule has 0 aliphatic heterocycles. The summed E-state index contributed by atoms with van der Waals surface area (Å²) in [6.45, 7) is 1.55. The van der Waals surface area contributed by atoms with Gasteiger partial charge >= 0.3 is 6.18 Å². The third kappa shape index (κ3) is 3.50. The van der Waals surface area contributed by atoms with Crippen molar-refractivity contribution < 1.29 is 18.0 Å². The number of rotatable bonds is 3. The van der Waals surface area contributed by atoms with Crippen LogP contribution in [0, 0.1) is 6.92 Å². The average Bonchev–Trinajstić information content (AvgIpc) is 2.38. The number of allylic oxidation sites excluding steroid dienone is 2. The van der Waals surface area contributed by atoms with Crippen LogP contribution in [0.2, 0.25) is 0 Å². The van der Waals surface area contributed by atoms with Gasteiger partial charge in [0, 0.05) is 12.0 Å². The lowest BCUT2D eigenvalue weighted by atomic mass is 9.92. The molecule has 0 spiro atoms. The summed E-state index contributed by atoms with van der Waals surface area (Å²) in [5, 5.41) is 0. The molecule has 1 aliphatic carbocycles. The number of halogens is 3. The summed E-state index contributed by atoms with van der Waals surface area (Å²) in [4.78, 5) is 12.2. The van der Waals surface area contributed by atoms with Crippen LogP contribution >= 0.6 is 0 Å². The molecule has 0 fully saturated rings. The number of carbonyl (C=O) groups excluding carboxylic acids is 1. The summed E-state index contributed by atoms with van der Waals surface area (Å²) in [5.74, 6) is -0.0932. The third-order valence-electron chi connectivity index (χ3n) is 3.63. The number of hydrogen-bond acceptors (Lipinski definition) is 1. The first-order valence-corrected chi connectivity index (χ1v) is 6.77. The molecule has 0 bridgehead atoms. The molecule has 0 saturated heterocycles. The molecule has 0 atom stereocenters. The molecule has 0 amide bonds. The highest BCUT2D eigenvalue weighted by atomic mass is 19.4. The van der Waals surface area contributed by atoms with Crippen LogP contribution in [0.25, 0.3) is 0 Å². The smallest absolute Gasteiger partial charge is 0.294 e. The van der Waals surface area contributed by atoms with E-state index in [0.717, 1.165) is 43.4 Å². The van der Waals surface area contributed by atoms with Crippen molar-refractivity contribution in [2.24, 2.45) is 0 Å². The summed E-state index contributed by atoms with van der Waals surface area (Å²) < 4.78 is 37.7. The van der Waals surface area contributed by atoms with Gasteiger partial charge in [0.2, 0.25) is 0 Å². The fourth-order valence-corrected chi connectivity index (χ4v) is 2.52. The Kier molecular flexibility index (Phi) is 4.31. The minimum absolute atomic E-state index is 0.0932. The zero-order valence-corrected chi connectivity index (χ0v) is 11.4. The fraction of sp³-hybridized carbons (Fsp3) is 0.438. The molecule has 1 aromatic carbocycles. The van der Waals surface area contributed by atoms with E-state index in [4.69, 9.17) is 0 Å². The molecular weight excluding hydrogens is 265 g/mol. The Morgan fingerprint density at radius 1 is 1.25 bits per heavy atom. The summed E-state index contributed by atoms with van der Waals surface area (Å²) in [6, 6.07) is 3.32. The topological polar surface area (TPSA) is 17.1 Å². The van der Waals surface area contributed by atoms with Crippen LogP contribution in [0.15, 0.2) is 29.8 Å². The molecule has 0 aromatic heterocycles. The van der Waals surface area contributed by atoms with Gasteiger partial charge in [0.1, 0.15) is 0 Å². The van der Waals surface area contributed by atoms with Crippen molar-refractivity contribution >= 4 is 5.78 Å². The van der Waals surface area contributed by atoms with Crippen LogP contribution in [-0.4, -0.2) is 5.78 Å². The maximum Gasteiger partial charge on any atom is 0.416 e. The van der Waals surface area contributed by atoms with Crippen molar-refractivity contribution in [1.29, 1.82) is 0 Å². The molecule has 0 unspecified atom stereocenters. The number of Topliss-reactive ketones (excluding diaryl/α,β-unsaturated/α-hetero) is 1. The number of carbonyl (C=O) groups is 1. The Labute approximate surface area is 116 Å². The first kappa shape index (κ1) is 14.8. The maximum atomic E-state index is 12.6. The number of benzene rings is 1. The minimum atomic E-state index is -4.36. The second-order valence-corrected chi connectivity index (χ2v) is 5.24. The van der Waals surface area contributed by atoms with Gasteiger partial charge < -0.3 is 0 Å². The van der Waals surface area contributed by atoms with E-state index < -0.39 is 11.7 Å². The van der Waals surface area contributed by atoms with Gasteiger partial charge in [-0.1, -0.05) is 17.7 Å².